The van der Waals surface area contributed by atoms with Gasteiger partial charge in [-0.2, -0.15) is 10.2 Å². The van der Waals surface area contributed by atoms with Crippen molar-refractivity contribution in [3.05, 3.63) is 52.4 Å². The number of carbonyl (C=O) groups excluding carboxylic acids is 1. The van der Waals surface area contributed by atoms with E-state index in [2.05, 4.69) is 27.8 Å². The Bertz CT molecular complexity index is 913. The zero-order valence-corrected chi connectivity index (χ0v) is 15.5. The number of carbonyl (C=O) groups is 1. The van der Waals surface area contributed by atoms with Gasteiger partial charge in [0.2, 0.25) is 5.88 Å². The predicted octanol–water partition coefficient (Wildman–Crippen LogP) is 3.07. The number of hydrogen-bond acceptors (Lipinski definition) is 6. The van der Waals surface area contributed by atoms with Crippen molar-refractivity contribution >= 4 is 22.4 Å². The number of hydrogen-bond donors (Lipinski definition) is 3. The van der Waals surface area contributed by atoms with Gasteiger partial charge in [0.25, 0.3) is 5.91 Å². The molecule has 3 unspecified atom stereocenters. The molecule has 4 rings (SSSR count). The van der Waals surface area contributed by atoms with E-state index in [0.717, 1.165) is 16.4 Å². The van der Waals surface area contributed by atoms with Crippen LogP contribution in [0.15, 0.2) is 36.4 Å². The molecule has 2 bridgehead atoms. The van der Waals surface area contributed by atoms with Crippen molar-refractivity contribution in [3.63, 3.8) is 0 Å². The first-order chi connectivity index (χ1) is 13.1. The molecule has 0 aliphatic heterocycles. The number of nitrogens with one attached hydrogen (secondary N) is 2. The van der Waals surface area contributed by atoms with E-state index in [9.17, 15) is 9.90 Å². The van der Waals surface area contributed by atoms with Crippen LogP contribution in [0.1, 0.15) is 33.6 Å². The average molecular weight is 380 g/mol. The van der Waals surface area contributed by atoms with E-state index in [4.69, 9.17) is 5.26 Å². The lowest BCUT2D eigenvalue weighted by atomic mass is 10.0. The quantitative estimate of drug-likeness (QED) is 0.669. The van der Waals surface area contributed by atoms with E-state index in [1.807, 2.05) is 6.07 Å². The Labute approximate surface area is 161 Å². The monoisotopic (exact) mass is 380 g/mol. The summed E-state index contributed by atoms with van der Waals surface area (Å²) in [6.45, 7) is 0.408. The number of benzene rings is 1. The van der Waals surface area contributed by atoms with Crippen LogP contribution in [-0.4, -0.2) is 28.6 Å². The van der Waals surface area contributed by atoms with Gasteiger partial charge in [-0.15, -0.1) is 0 Å². The molecule has 1 amide bonds. The molecule has 27 heavy (non-hydrogen) atoms. The first kappa shape index (κ1) is 17.6. The summed E-state index contributed by atoms with van der Waals surface area (Å²) < 4.78 is 0. The maximum atomic E-state index is 12.1. The third-order valence-electron chi connectivity index (χ3n) is 5.18. The van der Waals surface area contributed by atoms with E-state index < -0.39 is 0 Å². The van der Waals surface area contributed by atoms with Crippen LogP contribution in [0.25, 0.3) is 0 Å². The molecule has 1 aromatic carbocycles. The van der Waals surface area contributed by atoms with Gasteiger partial charge in [-0.1, -0.05) is 23.5 Å². The number of anilines is 1. The maximum Gasteiger partial charge on any atom is 0.251 e. The van der Waals surface area contributed by atoms with Crippen molar-refractivity contribution < 1.29 is 9.90 Å². The first-order valence-corrected chi connectivity index (χ1v) is 9.86. The predicted molar refractivity (Wildman–Crippen MR) is 104 cm³/mol. The number of nitriles is 1. The van der Waals surface area contributed by atoms with E-state index in [-0.39, 0.29) is 11.8 Å². The SMILES string of the molecule is N#Cc1ccc(C(=O)NCCc2sc(NC3CC4C=CC3C4)nc2O)cc1. The highest BCUT2D eigenvalue weighted by atomic mass is 32.1. The van der Waals surface area contributed by atoms with Gasteiger partial charge in [0, 0.05) is 24.6 Å². The average Bonchev–Trinajstić information content (AvgIpc) is 3.38. The molecule has 2 aliphatic carbocycles. The number of thiazole rings is 1. The van der Waals surface area contributed by atoms with Crippen molar-refractivity contribution in [2.75, 3.05) is 11.9 Å². The van der Waals surface area contributed by atoms with Crippen LogP contribution in [0.2, 0.25) is 0 Å². The fraction of sp³-hybridized carbons (Fsp3) is 0.350. The Morgan fingerprint density at radius 2 is 2.11 bits per heavy atom. The summed E-state index contributed by atoms with van der Waals surface area (Å²) in [5.74, 6) is 1.08. The highest BCUT2D eigenvalue weighted by Crippen LogP contribution is 2.41. The van der Waals surface area contributed by atoms with Gasteiger partial charge < -0.3 is 15.7 Å². The number of amides is 1. The number of allylic oxidation sites excluding steroid dienone is 1. The normalized spacial score (nSPS) is 22.6. The van der Waals surface area contributed by atoms with Crippen LogP contribution in [0.4, 0.5) is 5.13 Å². The fourth-order valence-electron chi connectivity index (χ4n) is 3.76. The first-order valence-electron chi connectivity index (χ1n) is 9.04. The van der Waals surface area contributed by atoms with Crippen molar-refractivity contribution in [3.8, 4) is 11.9 Å². The Kier molecular flexibility index (Phi) is 4.82. The third-order valence-corrected chi connectivity index (χ3v) is 6.21. The van der Waals surface area contributed by atoms with Crippen LogP contribution in [0, 0.1) is 23.2 Å². The topological polar surface area (TPSA) is 98.0 Å². The van der Waals surface area contributed by atoms with Crippen LogP contribution >= 0.6 is 11.3 Å². The number of aromatic hydroxyl groups is 1. The molecule has 1 saturated carbocycles. The lowest BCUT2D eigenvalue weighted by Gasteiger charge is -2.18. The van der Waals surface area contributed by atoms with Gasteiger partial charge in [-0.3, -0.25) is 4.79 Å². The van der Waals surface area contributed by atoms with Gasteiger partial charge in [-0.25, -0.2) is 0 Å². The molecule has 138 valence electrons. The van der Waals surface area contributed by atoms with Gasteiger partial charge >= 0.3 is 0 Å². The Morgan fingerprint density at radius 3 is 2.78 bits per heavy atom. The summed E-state index contributed by atoms with van der Waals surface area (Å²) in [4.78, 5) is 17.1. The lowest BCUT2D eigenvalue weighted by Crippen LogP contribution is -2.25. The van der Waals surface area contributed by atoms with Crippen LogP contribution in [-0.2, 0) is 6.42 Å². The zero-order chi connectivity index (χ0) is 18.8. The minimum Gasteiger partial charge on any atom is -0.492 e. The zero-order valence-electron chi connectivity index (χ0n) is 14.7. The second-order valence-corrected chi connectivity index (χ2v) is 8.08. The summed E-state index contributed by atoms with van der Waals surface area (Å²) in [6, 6.07) is 8.92. The van der Waals surface area contributed by atoms with Crippen LogP contribution in [0.3, 0.4) is 0 Å². The highest BCUT2D eigenvalue weighted by Gasteiger charge is 2.36. The molecule has 0 spiro atoms. The van der Waals surface area contributed by atoms with Crippen molar-refractivity contribution in [1.82, 2.24) is 10.3 Å². The van der Waals surface area contributed by atoms with Crippen molar-refractivity contribution in [2.24, 2.45) is 11.8 Å². The maximum absolute atomic E-state index is 12.1. The molecule has 2 aliphatic rings. The summed E-state index contributed by atoms with van der Waals surface area (Å²) in [5, 5.41) is 25.9. The van der Waals surface area contributed by atoms with E-state index in [0.29, 0.717) is 42.0 Å². The molecule has 0 saturated heterocycles. The Balaban J connectivity index is 1.29. The van der Waals surface area contributed by atoms with E-state index >= 15 is 0 Å². The van der Waals surface area contributed by atoms with E-state index in [1.165, 1.54) is 17.8 Å². The van der Waals surface area contributed by atoms with Gasteiger partial charge in [0.05, 0.1) is 16.5 Å². The molecule has 6 nitrogen and oxygen atoms in total. The van der Waals surface area contributed by atoms with Gasteiger partial charge in [0.1, 0.15) is 0 Å². The summed E-state index contributed by atoms with van der Waals surface area (Å²) >= 11 is 1.44. The van der Waals surface area contributed by atoms with Crippen molar-refractivity contribution in [2.45, 2.75) is 25.3 Å². The molecule has 3 N–H and O–H groups in total. The van der Waals surface area contributed by atoms with Gasteiger partial charge in [-0.05, 0) is 48.9 Å². The number of nitrogens with zero attached hydrogens (tertiary/aromatic N) is 2. The number of fused-ring (bicyclic) bond motifs is 2. The largest absolute Gasteiger partial charge is 0.492 e. The molecule has 1 heterocycles. The summed E-state index contributed by atoms with van der Waals surface area (Å²) in [6.07, 6.45) is 7.42. The molecule has 7 heteroatoms. The van der Waals surface area contributed by atoms with Gasteiger partial charge in [0.15, 0.2) is 5.13 Å². The molecular weight excluding hydrogens is 360 g/mol. The van der Waals surface area contributed by atoms with E-state index in [1.54, 1.807) is 24.3 Å². The molecular formula is C20H20N4O2S. The summed E-state index contributed by atoms with van der Waals surface area (Å²) in [5.41, 5.74) is 1.03. The minimum atomic E-state index is -0.199. The number of rotatable bonds is 6. The highest BCUT2D eigenvalue weighted by molar-refractivity contribution is 7.15. The smallest absolute Gasteiger partial charge is 0.251 e. The summed E-state index contributed by atoms with van der Waals surface area (Å²) in [7, 11) is 0. The molecule has 2 aromatic rings. The molecule has 1 fully saturated rings. The fourth-order valence-corrected chi connectivity index (χ4v) is 4.68. The van der Waals surface area contributed by atoms with Crippen molar-refractivity contribution in [1.29, 1.82) is 5.26 Å². The molecule has 0 radical (unpaired) electrons. The standard InChI is InChI=1S/C20H20N4O2S/c21-11-12-1-4-14(5-2-12)18(25)22-8-7-17-19(26)24-20(27-17)23-16-10-13-3-6-15(16)9-13/h1-6,13,15-16,26H,7-10H2,(H,22,25)(H,23,24). The lowest BCUT2D eigenvalue weighted by molar-refractivity contribution is 0.0954. The second-order valence-electron chi connectivity index (χ2n) is 6.99. The minimum absolute atomic E-state index is 0.0359. The Hall–Kier alpha value is -2.85. The molecule has 1 aromatic heterocycles. The number of aromatic nitrogens is 1. The Morgan fingerprint density at radius 1 is 1.30 bits per heavy atom. The second kappa shape index (κ2) is 7.41. The molecule has 3 atom stereocenters. The van der Waals surface area contributed by atoms with Crippen LogP contribution < -0.4 is 10.6 Å². The van der Waals surface area contributed by atoms with Crippen LogP contribution in [0.5, 0.6) is 5.88 Å². The third kappa shape index (κ3) is 3.81.